The first-order chi connectivity index (χ1) is 21.2. The SMILES string of the molecule is Cc1nc2ccccc2n1C1CC2CCC(C1)N2CCC1(c2ccccc2)CCC(NC(=O)C(O)(C(F)(F)F)C(F)(F)F)CC1. The Morgan fingerprint density at radius 1 is 0.889 bits per heavy atom. The van der Waals surface area contributed by atoms with Crippen molar-refractivity contribution in [3.8, 4) is 0 Å². The fourth-order valence-corrected chi connectivity index (χ4v) is 8.29. The molecule has 0 spiro atoms. The lowest BCUT2D eigenvalue weighted by Crippen LogP contribution is -2.67. The van der Waals surface area contributed by atoms with Gasteiger partial charge in [-0.1, -0.05) is 42.5 Å². The van der Waals surface area contributed by atoms with Crippen LogP contribution in [0.4, 0.5) is 26.3 Å². The molecule has 2 aliphatic heterocycles. The number of aryl methyl sites for hydroxylation is 1. The van der Waals surface area contributed by atoms with E-state index < -0.39 is 29.9 Å². The number of carbonyl (C=O) groups excluding carboxylic acids is 1. The van der Waals surface area contributed by atoms with Gasteiger partial charge >= 0.3 is 18.0 Å². The molecule has 3 heterocycles. The largest absolute Gasteiger partial charge is 0.435 e. The van der Waals surface area contributed by atoms with Crippen LogP contribution in [0, 0.1) is 6.92 Å². The Labute approximate surface area is 257 Å². The van der Waals surface area contributed by atoms with Gasteiger partial charge in [0.1, 0.15) is 5.82 Å². The first kappa shape index (κ1) is 31.8. The van der Waals surface area contributed by atoms with E-state index in [2.05, 4.69) is 22.5 Å². The van der Waals surface area contributed by atoms with Crippen molar-refractivity contribution < 1.29 is 36.2 Å². The molecule has 1 aromatic heterocycles. The first-order valence-electron chi connectivity index (χ1n) is 15.7. The highest BCUT2D eigenvalue weighted by Gasteiger charge is 2.75. The molecule has 45 heavy (non-hydrogen) atoms. The molecular weight excluding hydrogens is 598 g/mol. The zero-order valence-corrected chi connectivity index (χ0v) is 25.0. The van der Waals surface area contributed by atoms with E-state index in [0.29, 0.717) is 31.0 Å². The normalized spacial score (nSPS) is 28.0. The fourth-order valence-electron chi connectivity index (χ4n) is 8.29. The molecule has 3 fully saturated rings. The summed E-state index contributed by atoms with van der Waals surface area (Å²) in [5, 5.41) is 11.4. The Morgan fingerprint density at radius 3 is 2.07 bits per heavy atom. The Morgan fingerprint density at radius 2 is 1.47 bits per heavy atom. The highest BCUT2D eigenvalue weighted by molar-refractivity contribution is 5.87. The van der Waals surface area contributed by atoms with Crippen molar-refractivity contribution in [3.05, 3.63) is 66.0 Å². The van der Waals surface area contributed by atoms with Crippen LogP contribution in [0.5, 0.6) is 0 Å². The van der Waals surface area contributed by atoms with Crippen LogP contribution in [0.3, 0.4) is 0 Å². The molecule has 2 atom stereocenters. The number of halogens is 6. The zero-order valence-electron chi connectivity index (χ0n) is 25.0. The lowest BCUT2D eigenvalue weighted by atomic mass is 9.66. The first-order valence-corrected chi connectivity index (χ1v) is 15.7. The zero-order chi connectivity index (χ0) is 32.2. The summed E-state index contributed by atoms with van der Waals surface area (Å²) >= 11 is 0. The van der Waals surface area contributed by atoms with Gasteiger partial charge in [0.05, 0.1) is 11.0 Å². The number of benzene rings is 2. The van der Waals surface area contributed by atoms with E-state index in [1.807, 2.05) is 53.8 Å². The number of nitrogens with one attached hydrogen (secondary N) is 1. The second kappa shape index (κ2) is 11.6. The van der Waals surface area contributed by atoms with E-state index in [9.17, 15) is 36.2 Å². The van der Waals surface area contributed by atoms with Crippen molar-refractivity contribution in [1.29, 1.82) is 0 Å². The maximum Gasteiger partial charge on any atom is 0.435 e. The molecule has 12 heteroatoms. The van der Waals surface area contributed by atoms with E-state index in [0.717, 1.165) is 61.1 Å². The maximum absolute atomic E-state index is 13.2. The molecule has 1 saturated carbocycles. The van der Waals surface area contributed by atoms with Gasteiger partial charge < -0.3 is 15.0 Å². The van der Waals surface area contributed by atoms with E-state index >= 15 is 0 Å². The number of fused-ring (bicyclic) bond motifs is 3. The summed E-state index contributed by atoms with van der Waals surface area (Å²) in [6.07, 6.45) is -5.96. The quantitative estimate of drug-likeness (QED) is 0.282. The number of alkyl halides is 6. The molecule has 2 saturated heterocycles. The van der Waals surface area contributed by atoms with E-state index in [-0.39, 0.29) is 18.3 Å². The number of piperidine rings is 1. The minimum Gasteiger partial charge on any atom is -0.366 e. The lowest BCUT2D eigenvalue weighted by molar-refractivity contribution is -0.350. The van der Waals surface area contributed by atoms with Crippen molar-refractivity contribution in [2.24, 2.45) is 0 Å². The van der Waals surface area contributed by atoms with Gasteiger partial charge in [0.25, 0.3) is 5.91 Å². The molecule has 6 nitrogen and oxygen atoms in total. The van der Waals surface area contributed by atoms with Gasteiger partial charge in [-0.2, -0.15) is 26.3 Å². The number of aromatic nitrogens is 2. The van der Waals surface area contributed by atoms with Gasteiger partial charge in [0.15, 0.2) is 0 Å². The number of hydrogen-bond acceptors (Lipinski definition) is 4. The monoisotopic (exact) mass is 636 g/mol. The van der Waals surface area contributed by atoms with E-state index in [1.165, 1.54) is 0 Å². The molecule has 3 aromatic rings. The smallest absolute Gasteiger partial charge is 0.366 e. The number of hydrogen-bond donors (Lipinski definition) is 2. The van der Waals surface area contributed by atoms with Gasteiger partial charge in [-0.15, -0.1) is 0 Å². The molecular formula is C33H38F6N4O2. The number of imidazole rings is 1. The van der Waals surface area contributed by atoms with Crippen molar-refractivity contribution >= 4 is 16.9 Å². The van der Waals surface area contributed by atoms with Gasteiger partial charge in [0, 0.05) is 24.2 Å². The molecule has 2 aromatic carbocycles. The standard InChI is InChI=1S/C33H38F6N4O2/c1-21-40-27-9-5-6-10-28(27)43(21)26-19-24-11-12-25(20-26)42(24)18-17-30(22-7-3-2-4-8-22)15-13-23(14-16-30)41-29(44)31(45,32(34,35)36)33(37,38)39/h2-10,23-26,45H,11-20H2,1H3,(H,41,44). The summed E-state index contributed by atoms with van der Waals surface area (Å²) in [5.41, 5.74) is -2.55. The summed E-state index contributed by atoms with van der Waals surface area (Å²) in [5.74, 6) is -1.45. The van der Waals surface area contributed by atoms with Crippen molar-refractivity contribution in [1.82, 2.24) is 19.8 Å². The molecule has 3 aliphatic rings. The van der Waals surface area contributed by atoms with Crippen LogP contribution in [0.25, 0.3) is 11.0 Å². The lowest BCUT2D eigenvalue weighted by Gasteiger charge is -2.45. The molecule has 6 rings (SSSR count). The Bertz CT molecular complexity index is 1480. The molecule has 1 aliphatic carbocycles. The Hall–Kier alpha value is -3.12. The summed E-state index contributed by atoms with van der Waals surface area (Å²) in [4.78, 5) is 19.6. The van der Waals surface area contributed by atoms with Crippen LogP contribution in [-0.4, -0.2) is 68.1 Å². The topological polar surface area (TPSA) is 70.4 Å². The van der Waals surface area contributed by atoms with Crippen molar-refractivity contribution in [2.75, 3.05) is 6.54 Å². The molecule has 2 bridgehead atoms. The van der Waals surface area contributed by atoms with Crippen LogP contribution in [0.1, 0.15) is 75.2 Å². The molecule has 1 amide bonds. The van der Waals surface area contributed by atoms with Gasteiger partial charge in [-0.3, -0.25) is 9.69 Å². The second-order valence-electron chi connectivity index (χ2n) is 13.1. The average molecular weight is 637 g/mol. The van der Waals surface area contributed by atoms with Gasteiger partial charge in [-0.25, -0.2) is 4.98 Å². The van der Waals surface area contributed by atoms with E-state index in [4.69, 9.17) is 4.98 Å². The predicted molar refractivity (Wildman–Crippen MR) is 156 cm³/mol. The number of para-hydroxylation sites is 2. The molecule has 244 valence electrons. The number of rotatable bonds is 7. The predicted octanol–water partition coefficient (Wildman–Crippen LogP) is 6.76. The number of aliphatic hydroxyl groups is 1. The van der Waals surface area contributed by atoms with Crippen LogP contribution >= 0.6 is 0 Å². The third-order valence-electron chi connectivity index (χ3n) is 10.7. The van der Waals surface area contributed by atoms with Crippen molar-refractivity contribution in [3.63, 3.8) is 0 Å². The summed E-state index contributed by atoms with van der Waals surface area (Å²) < 4.78 is 81.9. The van der Waals surface area contributed by atoms with Gasteiger partial charge in [0.2, 0.25) is 0 Å². The van der Waals surface area contributed by atoms with Crippen molar-refractivity contribution in [2.45, 2.75) is 112 Å². The summed E-state index contributed by atoms with van der Waals surface area (Å²) in [6.45, 7) is 2.89. The second-order valence-corrected chi connectivity index (χ2v) is 13.1. The maximum atomic E-state index is 13.2. The molecule has 2 N–H and O–H groups in total. The molecule has 2 unspecified atom stereocenters. The number of nitrogens with zero attached hydrogens (tertiary/aromatic N) is 3. The third kappa shape index (κ3) is 5.62. The Kier molecular flexibility index (Phi) is 8.21. The van der Waals surface area contributed by atoms with Crippen LogP contribution < -0.4 is 5.32 Å². The van der Waals surface area contributed by atoms with Crippen LogP contribution in [0.2, 0.25) is 0 Å². The number of amides is 1. The fraction of sp³-hybridized carbons (Fsp3) is 0.576. The van der Waals surface area contributed by atoms with E-state index in [1.54, 1.807) is 0 Å². The Balaban J connectivity index is 1.14. The molecule has 0 radical (unpaired) electrons. The highest BCUT2D eigenvalue weighted by Crippen LogP contribution is 2.47. The summed E-state index contributed by atoms with van der Waals surface area (Å²) in [6, 6.07) is 18.3. The van der Waals surface area contributed by atoms with Gasteiger partial charge in [-0.05, 0) is 94.4 Å². The van der Waals surface area contributed by atoms with Crippen LogP contribution in [0.15, 0.2) is 54.6 Å². The minimum absolute atomic E-state index is 0.203. The number of carbonyl (C=O) groups is 1. The van der Waals surface area contributed by atoms with Crippen LogP contribution in [-0.2, 0) is 10.2 Å². The minimum atomic E-state index is -6.20. The average Bonchev–Trinajstić information content (AvgIpc) is 3.46. The summed E-state index contributed by atoms with van der Waals surface area (Å²) in [7, 11) is 0. The highest BCUT2D eigenvalue weighted by atomic mass is 19.4. The third-order valence-corrected chi connectivity index (χ3v) is 10.7.